The van der Waals surface area contributed by atoms with E-state index in [1.54, 1.807) is 0 Å². The van der Waals surface area contributed by atoms with Crippen molar-refractivity contribution in [2.45, 2.75) is 30.7 Å². The lowest BCUT2D eigenvalue weighted by Gasteiger charge is -2.29. The summed E-state index contributed by atoms with van der Waals surface area (Å²) in [4.78, 5) is 2.50. The highest BCUT2D eigenvalue weighted by atomic mass is 16.3. The van der Waals surface area contributed by atoms with E-state index in [1.807, 2.05) is 0 Å². The number of rotatable bonds is 2. The lowest BCUT2D eigenvalue weighted by Crippen LogP contribution is -2.41. The minimum atomic E-state index is 0.112. The summed E-state index contributed by atoms with van der Waals surface area (Å²) in [6.45, 7) is 2.63. The fourth-order valence-electron chi connectivity index (χ4n) is 3.49. The maximum absolute atomic E-state index is 9.65. The molecule has 3 rings (SSSR count). The molecule has 16 heavy (non-hydrogen) atoms. The number of hydrogen-bond acceptors (Lipinski definition) is 2. The first-order chi connectivity index (χ1) is 7.84. The van der Waals surface area contributed by atoms with Gasteiger partial charge in [-0.15, -0.1) is 0 Å². The third-order valence-electron chi connectivity index (χ3n) is 4.37. The number of nitrogens with zero attached hydrogens (tertiary/aromatic N) is 1. The zero-order valence-electron chi connectivity index (χ0n) is 9.60. The van der Waals surface area contributed by atoms with Gasteiger partial charge in [0.05, 0.1) is 6.61 Å². The highest BCUT2D eigenvalue weighted by Crippen LogP contribution is 2.44. The van der Waals surface area contributed by atoms with E-state index in [-0.39, 0.29) is 5.54 Å². The first-order valence-electron chi connectivity index (χ1n) is 6.25. The van der Waals surface area contributed by atoms with E-state index in [4.69, 9.17) is 0 Å². The number of benzene rings is 1. The van der Waals surface area contributed by atoms with Gasteiger partial charge in [-0.05, 0) is 37.3 Å². The quantitative estimate of drug-likeness (QED) is 0.819. The van der Waals surface area contributed by atoms with E-state index in [0.717, 1.165) is 13.0 Å². The molecule has 2 heteroatoms. The van der Waals surface area contributed by atoms with Crippen LogP contribution < -0.4 is 0 Å². The van der Waals surface area contributed by atoms with Gasteiger partial charge in [-0.25, -0.2) is 0 Å². The first kappa shape index (κ1) is 10.3. The summed E-state index contributed by atoms with van der Waals surface area (Å²) in [7, 11) is 0. The molecule has 0 aromatic heterocycles. The van der Waals surface area contributed by atoms with Crippen LogP contribution in [0.25, 0.3) is 0 Å². The molecule has 2 aliphatic heterocycles. The normalized spacial score (nSPS) is 34.2. The summed E-state index contributed by atoms with van der Waals surface area (Å²) in [6.07, 6.45) is 3.56. The van der Waals surface area contributed by atoms with Gasteiger partial charge < -0.3 is 5.11 Å². The van der Waals surface area contributed by atoms with Crippen LogP contribution in [0.4, 0.5) is 0 Å². The maximum Gasteiger partial charge on any atom is 0.0615 e. The molecule has 1 aromatic rings. The minimum Gasteiger partial charge on any atom is -0.394 e. The van der Waals surface area contributed by atoms with Gasteiger partial charge in [-0.1, -0.05) is 30.3 Å². The predicted octanol–water partition coefficient (Wildman–Crippen LogP) is 2.00. The Kier molecular flexibility index (Phi) is 2.49. The Bertz CT molecular complexity index is 364. The number of fused-ring (bicyclic) bond motifs is 1. The smallest absolute Gasteiger partial charge is 0.0615 e. The van der Waals surface area contributed by atoms with Gasteiger partial charge in [0.2, 0.25) is 0 Å². The summed E-state index contributed by atoms with van der Waals surface area (Å²) in [5, 5.41) is 9.65. The highest BCUT2D eigenvalue weighted by Gasteiger charge is 2.47. The molecule has 86 valence electrons. The average Bonchev–Trinajstić information content (AvgIpc) is 2.86. The van der Waals surface area contributed by atoms with E-state index >= 15 is 0 Å². The molecule has 1 N–H and O–H groups in total. The molecule has 0 radical (unpaired) electrons. The van der Waals surface area contributed by atoms with Crippen LogP contribution in [0.3, 0.4) is 0 Å². The molecule has 0 spiro atoms. The van der Waals surface area contributed by atoms with Gasteiger partial charge >= 0.3 is 0 Å². The second-order valence-corrected chi connectivity index (χ2v) is 5.24. The monoisotopic (exact) mass is 217 g/mol. The number of hydrogen-bond donors (Lipinski definition) is 1. The van der Waals surface area contributed by atoms with E-state index in [2.05, 4.69) is 35.2 Å². The van der Waals surface area contributed by atoms with Gasteiger partial charge in [-0.2, -0.15) is 0 Å². The van der Waals surface area contributed by atoms with Crippen LogP contribution in [0, 0.1) is 0 Å². The summed E-state index contributed by atoms with van der Waals surface area (Å²) in [5.74, 6) is 0.619. The van der Waals surface area contributed by atoms with Crippen molar-refractivity contribution in [3.05, 3.63) is 35.9 Å². The largest absolute Gasteiger partial charge is 0.394 e. The van der Waals surface area contributed by atoms with E-state index in [9.17, 15) is 5.11 Å². The summed E-state index contributed by atoms with van der Waals surface area (Å²) in [5.41, 5.74) is 1.55. The van der Waals surface area contributed by atoms with Crippen molar-refractivity contribution in [1.29, 1.82) is 0 Å². The summed E-state index contributed by atoms with van der Waals surface area (Å²) >= 11 is 0. The fourth-order valence-corrected chi connectivity index (χ4v) is 3.49. The molecule has 2 aliphatic rings. The number of aliphatic hydroxyl groups excluding tert-OH is 1. The average molecular weight is 217 g/mol. The van der Waals surface area contributed by atoms with Crippen molar-refractivity contribution in [2.75, 3.05) is 19.7 Å². The Morgan fingerprint density at radius 1 is 1.31 bits per heavy atom. The van der Waals surface area contributed by atoms with Gasteiger partial charge in [0.15, 0.2) is 0 Å². The third-order valence-corrected chi connectivity index (χ3v) is 4.37. The van der Waals surface area contributed by atoms with Crippen LogP contribution in [0.15, 0.2) is 30.3 Å². The lowest BCUT2D eigenvalue weighted by atomic mass is 9.87. The van der Waals surface area contributed by atoms with Gasteiger partial charge in [0, 0.05) is 12.1 Å². The molecule has 2 nitrogen and oxygen atoms in total. The Hall–Kier alpha value is -0.860. The van der Waals surface area contributed by atoms with Crippen LogP contribution in [0.2, 0.25) is 0 Å². The van der Waals surface area contributed by atoms with Crippen molar-refractivity contribution in [3.8, 4) is 0 Å². The highest BCUT2D eigenvalue weighted by molar-refractivity contribution is 5.24. The van der Waals surface area contributed by atoms with Gasteiger partial charge in [-0.3, -0.25) is 4.90 Å². The molecule has 2 unspecified atom stereocenters. The molecule has 0 amide bonds. The van der Waals surface area contributed by atoms with Crippen molar-refractivity contribution < 1.29 is 5.11 Å². The molecule has 0 aliphatic carbocycles. The molecule has 0 bridgehead atoms. The first-order valence-corrected chi connectivity index (χ1v) is 6.25. The van der Waals surface area contributed by atoms with E-state index < -0.39 is 0 Å². The molecule has 1 aromatic carbocycles. The molecule has 2 heterocycles. The second-order valence-electron chi connectivity index (χ2n) is 5.24. The van der Waals surface area contributed by atoms with Gasteiger partial charge in [0.25, 0.3) is 0 Å². The van der Waals surface area contributed by atoms with Crippen LogP contribution in [-0.4, -0.2) is 35.2 Å². The van der Waals surface area contributed by atoms with Crippen LogP contribution in [0.5, 0.6) is 0 Å². The summed E-state index contributed by atoms with van der Waals surface area (Å²) in [6, 6.07) is 10.7. The summed E-state index contributed by atoms with van der Waals surface area (Å²) < 4.78 is 0. The van der Waals surface area contributed by atoms with Crippen molar-refractivity contribution >= 4 is 0 Å². The SMILES string of the molecule is OCC12CCCN1CC(c1ccccc1)C2. The molecule has 0 saturated carbocycles. The minimum absolute atomic E-state index is 0.112. The molecular formula is C14H19NO. The predicted molar refractivity (Wildman–Crippen MR) is 64.4 cm³/mol. The Balaban J connectivity index is 1.83. The van der Waals surface area contributed by atoms with E-state index in [0.29, 0.717) is 12.5 Å². The lowest BCUT2D eigenvalue weighted by molar-refractivity contribution is 0.0998. The topological polar surface area (TPSA) is 23.5 Å². The zero-order valence-corrected chi connectivity index (χ0v) is 9.60. The molecule has 2 atom stereocenters. The van der Waals surface area contributed by atoms with Gasteiger partial charge in [0.1, 0.15) is 0 Å². The Morgan fingerprint density at radius 3 is 2.81 bits per heavy atom. The second kappa shape index (κ2) is 3.86. The van der Waals surface area contributed by atoms with Crippen LogP contribution in [-0.2, 0) is 0 Å². The zero-order chi connectivity index (χ0) is 11.0. The van der Waals surface area contributed by atoms with Crippen LogP contribution >= 0.6 is 0 Å². The molecule has 2 fully saturated rings. The van der Waals surface area contributed by atoms with Crippen LogP contribution in [0.1, 0.15) is 30.7 Å². The molecule has 2 saturated heterocycles. The third kappa shape index (κ3) is 1.48. The number of aliphatic hydroxyl groups is 1. The van der Waals surface area contributed by atoms with Crippen molar-refractivity contribution in [2.24, 2.45) is 0 Å². The van der Waals surface area contributed by atoms with Crippen molar-refractivity contribution in [3.63, 3.8) is 0 Å². The standard InChI is InChI=1S/C14H19NO/c16-11-14-7-4-8-15(14)10-13(9-14)12-5-2-1-3-6-12/h1-3,5-6,13,16H,4,7-11H2. The maximum atomic E-state index is 9.65. The van der Waals surface area contributed by atoms with E-state index in [1.165, 1.54) is 24.9 Å². The Labute approximate surface area is 96.9 Å². The Morgan fingerprint density at radius 2 is 2.12 bits per heavy atom. The molecular weight excluding hydrogens is 198 g/mol. The van der Waals surface area contributed by atoms with Crippen molar-refractivity contribution in [1.82, 2.24) is 4.90 Å². The fraction of sp³-hybridized carbons (Fsp3) is 0.571.